The monoisotopic (exact) mass is 446 g/mol. The first-order chi connectivity index (χ1) is 16.0. The van der Waals surface area contributed by atoms with Crippen molar-refractivity contribution >= 4 is 17.5 Å². The number of rotatable bonds is 6. The van der Waals surface area contributed by atoms with E-state index in [1.807, 2.05) is 60.4 Å². The van der Waals surface area contributed by atoms with Gasteiger partial charge in [-0.1, -0.05) is 43.3 Å². The highest BCUT2D eigenvalue weighted by atomic mass is 19.1. The zero-order chi connectivity index (χ0) is 23.4. The van der Waals surface area contributed by atoms with Crippen molar-refractivity contribution in [2.45, 2.75) is 38.8 Å². The number of benzene rings is 3. The van der Waals surface area contributed by atoms with Gasteiger partial charge in [0.1, 0.15) is 11.6 Å². The van der Waals surface area contributed by atoms with Crippen LogP contribution in [0.3, 0.4) is 0 Å². The predicted octanol–water partition coefficient (Wildman–Crippen LogP) is 5.12. The summed E-state index contributed by atoms with van der Waals surface area (Å²) in [7, 11) is 0. The molecule has 3 aromatic rings. The van der Waals surface area contributed by atoms with Gasteiger partial charge in [-0.3, -0.25) is 9.59 Å². The summed E-state index contributed by atoms with van der Waals surface area (Å²) in [6.07, 6.45) is 0.517. The molecule has 1 aliphatic rings. The lowest BCUT2D eigenvalue weighted by Gasteiger charge is -2.37. The Morgan fingerprint density at radius 3 is 2.48 bits per heavy atom. The predicted molar refractivity (Wildman–Crippen MR) is 126 cm³/mol. The molecule has 0 saturated carbocycles. The summed E-state index contributed by atoms with van der Waals surface area (Å²) in [6.45, 7) is 4.12. The number of amides is 2. The molecule has 0 aliphatic carbocycles. The lowest BCUT2D eigenvalue weighted by molar-refractivity contribution is -0.130. The summed E-state index contributed by atoms with van der Waals surface area (Å²) in [6, 6.07) is 21.2. The second-order valence-electron chi connectivity index (χ2n) is 8.15. The lowest BCUT2D eigenvalue weighted by atomic mass is 9.88. The molecule has 33 heavy (non-hydrogen) atoms. The Labute approximate surface area is 193 Å². The summed E-state index contributed by atoms with van der Waals surface area (Å²) in [5.74, 6) is -0.0724. The molecule has 3 aromatic carbocycles. The van der Waals surface area contributed by atoms with Crippen LogP contribution in [0.15, 0.2) is 72.8 Å². The fraction of sp³-hybridized carbons (Fsp3) is 0.259. The number of fused-ring (bicyclic) bond motifs is 1. The van der Waals surface area contributed by atoms with E-state index in [2.05, 4.69) is 5.32 Å². The van der Waals surface area contributed by atoms with Gasteiger partial charge in [-0.2, -0.15) is 0 Å². The Morgan fingerprint density at radius 2 is 1.82 bits per heavy atom. The molecule has 0 fully saturated rings. The maximum absolute atomic E-state index is 13.1. The number of hydrogen-bond acceptors (Lipinski definition) is 3. The molecule has 0 spiro atoms. The molecule has 1 heterocycles. The maximum atomic E-state index is 13.1. The zero-order valence-electron chi connectivity index (χ0n) is 18.8. The molecule has 2 atom stereocenters. The number of nitrogens with one attached hydrogen (secondary N) is 1. The summed E-state index contributed by atoms with van der Waals surface area (Å²) < 4.78 is 19.2. The highest BCUT2D eigenvalue weighted by Crippen LogP contribution is 2.37. The first-order valence-corrected chi connectivity index (χ1v) is 11.1. The number of hydrogen-bond donors (Lipinski definition) is 1. The SMILES string of the molecule is CC[C@@H](Oc1ccc2c(c1)[C@H](c1ccccc1)N(C(C)=O)CC2)C(=O)Nc1ccc(F)cc1. The standard InChI is InChI=1S/C27H27FN2O3/c1-3-25(27(32)29-22-12-10-21(28)11-13-22)33-23-14-9-19-15-16-30(18(2)31)26(24(19)17-23)20-7-5-4-6-8-20/h4-14,17,25-26H,3,15-16H2,1-2H3,(H,29,32)/t25-,26+/m1/s1. The van der Waals surface area contributed by atoms with Crippen molar-refractivity contribution in [3.05, 3.63) is 95.3 Å². The van der Waals surface area contributed by atoms with Crippen LogP contribution in [0.4, 0.5) is 10.1 Å². The van der Waals surface area contributed by atoms with E-state index in [9.17, 15) is 14.0 Å². The van der Waals surface area contributed by atoms with Crippen LogP contribution >= 0.6 is 0 Å². The van der Waals surface area contributed by atoms with E-state index in [4.69, 9.17) is 4.74 Å². The van der Waals surface area contributed by atoms with Gasteiger partial charge in [0.15, 0.2) is 6.10 Å². The number of carbonyl (C=O) groups is 2. The van der Waals surface area contributed by atoms with Crippen molar-refractivity contribution in [1.29, 1.82) is 0 Å². The largest absolute Gasteiger partial charge is 0.481 e. The molecule has 0 saturated heterocycles. The fourth-order valence-corrected chi connectivity index (χ4v) is 4.24. The lowest BCUT2D eigenvalue weighted by Crippen LogP contribution is -2.39. The number of halogens is 1. The summed E-state index contributed by atoms with van der Waals surface area (Å²) in [5, 5.41) is 2.78. The second-order valence-corrected chi connectivity index (χ2v) is 8.15. The van der Waals surface area contributed by atoms with Crippen LogP contribution in [0, 0.1) is 5.82 Å². The van der Waals surface area contributed by atoms with E-state index in [0.29, 0.717) is 24.4 Å². The molecular formula is C27H27FN2O3. The highest BCUT2D eigenvalue weighted by molar-refractivity contribution is 5.94. The van der Waals surface area contributed by atoms with Crippen molar-refractivity contribution < 1.29 is 18.7 Å². The van der Waals surface area contributed by atoms with Crippen LogP contribution in [0.25, 0.3) is 0 Å². The van der Waals surface area contributed by atoms with Gasteiger partial charge in [-0.15, -0.1) is 0 Å². The van der Waals surface area contributed by atoms with Crippen LogP contribution < -0.4 is 10.1 Å². The van der Waals surface area contributed by atoms with E-state index in [1.165, 1.54) is 24.3 Å². The molecule has 0 radical (unpaired) electrons. The fourth-order valence-electron chi connectivity index (χ4n) is 4.24. The summed E-state index contributed by atoms with van der Waals surface area (Å²) in [5.41, 5.74) is 3.72. The van der Waals surface area contributed by atoms with Crippen molar-refractivity contribution in [1.82, 2.24) is 4.90 Å². The normalized spacial score (nSPS) is 16.0. The summed E-state index contributed by atoms with van der Waals surface area (Å²) >= 11 is 0. The quantitative estimate of drug-likeness (QED) is 0.572. The Hall–Kier alpha value is -3.67. The molecule has 0 bridgehead atoms. The Balaban J connectivity index is 1.59. The van der Waals surface area contributed by atoms with E-state index in [-0.39, 0.29) is 23.7 Å². The minimum absolute atomic E-state index is 0.0194. The van der Waals surface area contributed by atoms with Gasteiger partial charge in [0.05, 0.1) is 6.04 Å². The first kappa shape index (κ1) is 22.5. The molecule has 0 aromatic heterocycles. The maximum Gasteiger partial charge on any atom is 0.265 e. The van der Waals surface area contributed by atoms with Crippen molar-refractivity contribution in [2.24, 2.45) is 0 Å². The number of nitrogens with zero attached hydrogens (tertiary/aromatic N) is 1. The minimum Gasteiger partial charge on any atom is -0.481 e. The van der Waals surface area contributed by atoms with Crippen LogP contribution in [0.2, 0.25) is 0 Å². The number of ether oxygens (including phenoxy) is 1. The van der Waals surface area contributed by atoms with Crippen LogP contribution in [0.1, 0.15) is 43.0 Å². The highest BCUT2D eigenvalue weighted by Gasteiger charge is 2.31. The van der Waals surface area contributed by atoms with Crippen molar-refractivity contribution in [2.75, 3.05) is 11.9 Å². The average molecular weight is 447 g/mol. The van der Waals surface area contributed by atoms with Gasteiger partial charge in [0.2, 0.25) is 5.91 Å². The summed E-state index contributed by atoms with van der Waals surface area (Å²) in [4.78, 5) is 27.0. The van der Waals surface area contributed by atoms with E-state index >= 15 is 0 Å². The molecule has 1 aliphatic heterocycles. The smallest absolute Gasteiger partial charge is 0.265 e. The zero-order valence-corrected chi connectivity index (χ0v) is 18.8. The van der Waals surface area contributed by atoms with E-state index in [1.54, 1.807) is 6.92 Å². The Morgan fingerprint density at radius 1 is 1.09 bits per heavy atom. The van der Waals surface area contributed by atoms with Gasteiger partial charge in [0, 0.05) is 19.2 Å². The molecule has 1 N–H and O–H groups in total. The van der Waals surface area contributed by atoms with Crippen molar-refractivity contribution in [3.8, 4) is 5.75 Å². The molecule has 4 rings (SSSR count). The topological polar surface area (TPSA) is 58.6 Å². The van der Waals surface area contributed by atoms with Crippen LogP contribution in [-0.4, -0.2) is 29.4 Å². The average Bonchev–Trinajstić information content (AvgIpc) is 2.83. The molecule has 5 nitrogen and oxygen atoms in total. The van der Waals surface area contributed by atoms with Gasteiger partial charge in [0.25, 0.3) is 5.91 Å². The van der Waals surface area contributed by atoms with E-state index in [0.717, 1.165) is 23.1 Å². The van der Waals surface area contributed by atoms with Gasteiger partial charge < -0.3 is 15.0 Å². The minimum atomic E-state index is -0.712. The second kappa shape index (κ2) is 9.86. The number of anilines is 1. The van der Waals surface area contributed by atoms with Gasteiger partial charge in [-0.05, 0) is 65.9 Å². The third-order valence-electron chi connectivity index (χ3n) is 5.92. The van der Waals surface area contributed by atoms with Crippen LogP contribution in [-0.2, 0) is 16.0 Å². The Bertz CT molecular complexity index is 1130. The third kappa shape index (κ3) is 5.06. The Kier molecular flexibility index (Phi) is 6.73. The molecule has 2 amide bonds. The molecule has 170 valence electrons. The third-order valence-corrected chi connectivity index (χ3v) is 5.92. The van der Waals surface area contributed by atoms with E-state index < -0.39 is 6.10 Å². The first-order valence-electron chi connectivity index (χ1n) is 11.1. The van der Waals surface area contributed by atoms with Gasteiger partial charge in [-0.25, -0.2) is 4.39 Å². The van der Waals surface area contributed by atoms with Crippen molar-refractivity contribution in [3.63, 3.8) is 0 Å². The van der Waals surface area contributed by atoms with Gasteiger partial charge >= 0.3 is 0 Å². The van der Waals surface area contributed by atoms with Crippen LogP contribution in [0.5, 0.6) is 5.75 Å². The number of carbonyl (C=O) groups excluding carboxylic acids is 2. The molecular weight excluding hydrogens is 419 g/mol. The molecule has 0 unspecified atom stereocenters. The molecule has 6 heteroatoms.